The van der Waals surface area contributed by atoms with Gasteiger partial charge in [0.2, 0.25) is 0 Å². The minimum absolute atomic E-state index is 0. The molecular formula is C16H32IN5O2S. The van der Waals surface area contributed by atoms with Crippen LogP contribution in [0.3, 0.4) is 0 Å². The molecular weight excluding hydrogens is 453 g/mol. The summed E-state index contributed by atoms with van der Waals surface area (Å²) in [4.78, 5) is 4.60. The predicted octanol–water partition coefficient (Wildman–Crippen LogP) is 1.91. The Bertz CT molecular complexity index is 600. The Morgan fingerprint density at radius 1 is 1.32 bits per heavy atom. The number of hydrogen-bond donors (Lipinski definition) is 2. The summed E-state index contributed by atoms with van der Waals surface area (Å²) in [7, 11) is -2.93. The van der Waals surface area contributed by atoms with Gasteiger partial charge < -0.3 is 10.6 Å². The van der Waals surface area contributed by atoms with E-state index in [-0.39, 0.29) is 35.1 Å². The Hall–Kier alpha value is -0.840. The fourth-order valence-electron chi connectivity index (χ4n) is 2.06. The number of aromatic nitrogens is 2. The number of sulfone groups is 1. The molecule has 1 rings (SSSR count). The zero-order chi connectivity index (χ0) is 18.1. The van der Waals surface area contributed by atoms with Crippen LogP contribution in [-0.4, -0.2) is 55.8 Å². The van der Waals surface area contributed by atoms with Crippen LogP contribution in [0.4, 0.5) is 0 Å². The quantitative estimate of drug-likeness (QED) is 0.229. The number of nitrogens with zero attached hydrogens (tertiary/aromatic N) is 3. The molecule has 0 spiro atoms. The largest absolute Gasteiger partial charge is 0.357 e. The van der Waals surface area contributed by atoms with E-state index >= 15 is 0 Å². The third-order valence-electron chi connectivity index (χ3n) is 3.57. The van der Waals surface area contributed by atoms with E-state index in [1.807, 2.05) is 37.7 Å². The number of guanidine groups is 1. The van der Waals surface area contributed by atoms with Gasteiger partial charge >= 0.3 is 0 Å². The molecule has 0 saturated heterocycles. The van der Waals surface area contributed by atoms with E-state index in [9.17, 15) is 8.42 Å². The first kappa shape index (κ1) is 24.2. The molecule has 9 heteroatoms. The molecule has 0 fully saturated rings. The first-order chi connectivity index (χ1) is 11.2. The van der Waals surface area contributed by atoms with Crippen molar-refractivity contribution in [3.63, 3.8) is 0 Å². The normalized spacial score (nSPS) is 12.6. The van der Waals surface area contributed by atoms with E-state index in [0.717, 1.165) is 32.0 Å². The van der Waals surface area contributed by atoms with Crippen LogP contribution in [0, 0.1) is 5.41 Å². The summed E-state index contributed by atoms with van der Waals surface area (Å²) < 4.78 is 24.5. The molecule has 146 valence electrons. The Kier molecular flexibility index (Phi) is 11.3. The summed E-state index contributed by atoms with van der Waals surface area (Å²) in [5.74, 6) is 0.967. The molecule has 2 N–H and O–H groups in total. The van der Waals surface area contributed by atoms with Crippen molar-refractivity contribution in [2.45, 2.75) is 40.2 Å². The third-order valence-corrected chi connectivity index (χ3v) is 4.52. The number of nitrogens with one attached hydrogen (secondary N) is 2. The first-order valence-corrected chi connectivity index (χ1v) is 10.5. The monoisotopic (exact) mass is 485 g/mol. The molecule has 0 saturated carbocycles. The Morgan fingerprint density at radius 3 is 2.60 bits per heavy atom. The number of hydrogen-bond acceptors (Lipinski definition) is 4. The highest BCUT2D eigenvalue weighted by atomic mass is 127. The average molecular weight is 485 g/mol. The van der Waals surface area contributed by atoms with E-state index in [1.165, 1.54) is 6.26 Å². The van der Waals surface area contributed by atoms with E-state index < -0.39 is 9.84 Å². The van der Waals surface area contributed by atoms with E-state index in [0.29, 0.717) is 13.0 Å². The van der Waals surface area contributed by atoms with Crippen molar-refractivity contribution < 1.29 is 8.42 Å². The average Bonchev–Trinajstić information content (AvgIpc) is 3.00. The summed E-state index contributed by atoms with van der Waals surface area (Å²) >= 11 is 0. The highest BCUT2D eigenvalue weighted by Crippen LogP contribution is 2.21. The molecule has 0 aromatic carbocycles. The number of rotatable bonds is 10. The van der Waals surface area contributed by atoms with Gasteiger partial charge in [-0.1, -0.05) is 13.8 Å². The van der Waals surface area contributed by atoms with Gasteiger partial charge in [-0.2, -0.15) is 5.10 Å². The van der Waals surface area contributed by atoms with Crippen molar-refractivity contribution in [3.8, 4) is 0 Å². The second-order valence-electron chi connectivity index (χ2n) is 6.79. The summed E-state index contributed by atoms with van der Waals surface area (Å²) in [6.07, 6.45) is 6.55. The number of aryl methyl sites for hydroxylation is 1. The molecule has 0 aliphatic heterocycles. The van der Waals surface area contributed by atoms with Crippen molar-refractivity contribution >= 4 is 39.8 Å². The van der Waals surface area contributed by atoms with Gasteiger partial charge in [-0.05, 0) is 31.2 Å². The van der Waals surface area contributed by atoms with Gasteiger partial charge in [0, 0.05) is 44.8 Å². The summed E-state index contributed by atoms with van der Waals surface area (Å²) in [5.41, 5.74) is -0.152. The Balaban J connectivity index is 0.00000576. The first-order valence-electron chi connectivity index (χ1n) is 8.39. The van der Waals surface area contributed by atoms with Gasteiger partial charge in [-0.3, -0.25) is 9.67 Å². The van der Waals surface area contributed by atoms with Crippen LogP contribution in [-0.2, 0) is 16.4 Å². The number of halogens is 1. The lowest BCUT2D eigenvalue weighted by atomic mass is 9.90. The minimum atomic E-state index is -2.93. The molecule has 0 amide bonds. The van der Waals surface area contributed by atoms with Gasteiger partial charge in [0.25, 0.3) is 0 Å². The predicted molar refractivity (Wildman–Crippen MR) is 114 cm³/mol. The van der Waals surface area contributed by atoms with Crippen LogP contribution in [0.5, 0.6) is 0 Å². The van der Waals surface area contributed by atoms with Crippen LogP contribution in [0.15, 0.2) is 23.5 Å². The SMILES string of the molecule is CCNC(=NCC(C)(C)CCS(C)(=O)=O)NCCCn1cccn1.I. The highest BCUT2D eigenvalue weighted by molar-refractivity contribution is 14.0. The van der Waals surface area contributed by atoms with Gasteiger partial charge in [0.05, 0.1) is 5.75 Å². The van der Waals surface area contributed by atoms with Crippen molar-refractivity contribution in [1.82, 2.24) is 20.4 Å². The van der Waals surface area contributed by atoms with Crippen molar-refractivity contribution in [3.05, 3.63) is 18.5 Å². The zero-order valence-corrected chi connectivity index (χ0v) is 18.8. The minimum Gasteiger partial charge on any atom is -0.357 e. The highest BCUT2D eigenvalue weighted by Gasteiger charge is 2.20. The van der Waals surface area contributed by atoms with Gasteiger partial charge in [-0.25, -0.2) is 8.42 Å². The molecule has 0 unspecified atom stereocenters. The lowest BCUT2D eigenvalue weighted by molar-refractivity contribution is 0.365. The molecule has 0 aliphatic carbocycles. The lowest BCUT2D eigenvalue weighted by Crippen LogP contribution is -2.39. The molecule has 1 aromatic heterocycles. The van der Waals surface area contributed by atoms with Crippen LogP contribution in [0.1, 0.15) is 33.6 Å². The van der Waals surface area contributed by atoms with Gasteiger partial charge in [0.1, 0.15) is 9.84 Å². The molecule has 0 aliphatic rings. The molecule has 7 nitrogen and oxygen atoms in total. The van der Waals surface area contributed by atoms with E-state index in [2.05, 4.69) is 20.7 Å². The van der Waals surface area contributed by atoms with Crippen molar-refractivity contribution in [1.29, 1.82) is 0 Å². The lowest BCUT2D eigenvalue weighted by Gasteiger charge is -2.22. The van der Waals surface area contributed by atoms with E-state index in [4.69, 9.17) is 0 Å². The van der Waals surface area contributed by atoms with Crippen LogP contribution in [0.25, 0.3) is 0 Å². The van der Waals surface area contributed by atoms with Crippen molar-refractivity contribution in [2.24, 2.45) is 10.4 Å². The fourth-order valence-corrected chi connectivity index (χ4v) is 2.98. The maximum atomic E-state index is 11.3. The summed E-state index contributed by atoms with van der Waals surface area (Å²) in [5, 5.41) is 10.7. The van der Waals surface area contributed by atoms with Crippen molar-refractivity contribution in [2.75, 3.05) is 31.6 Å². The summed E-state index contributed by atoms with van der Waals surface area (Å²) in [6.45, 7) is 9.14. The fraction of sp³-hybridized carbons (Fsp3) is 0.750. The topological polar surface area (TPSA) is 88.4 Å². The third kappa shape index (κ3) is 12.2. The maximum absolute atomic E-state index is 11.3. The summed E-state index contributed by atoms with van der Waals surface area (Å²) in [6, 6.07) is 1.91. The zero-order valence-electron chi connectivity index (χ0n) is 15.7. The Labute approximate surface area is 169 Å². The van der Waals surface area contributed by atoms with Crippen LogP contribution < -0.4 is 10.6 Å². The second-order valence-corrected chi connectivity index (χ2v) is 9.05. The molecule has 1 aromatic rings. The van der Waals surface area contributed by atoms with Crippen LogP contribution >= 0.6 is 24.0 Å². The van der Waals surface area contributed by atoms with E-state index in [1.54, 1.807) is 6.20 Å². The molecule has 0 atom stereocenters. The van der Waals surface area contributed by atoms with Gasteiger partial charge in [0.15, 0.2) is 5.96 Å². The Morgan fingerprint density at radius 2 is 2.04 bits per heavy atom. The van der Waals surface area contributed by atoms with Gasteiger partial charge in [-0.15, -0.1) is 24.0 Å². The molecule has 0 radical (unpaired) electrons. The second kappa shape index (κ2) is 11.7. The number of aliphatic imine (C=N–C) groups is 1. The van der Waals surface area contributed by atoms with Crippen LogP contribution in [0.2, 0.25) is 0 Å². The smallest absolute Gasteiger partial charge is 0.191 e. The molecule has 1 heterocycles. The molecule has 0 bridgehead atoms. The molecule has 25 heavy (non-hydrogen) atoms. The standard InChI is InChI=1S/C16H31N5O2S.HI/c1-5-17-15(18-9-6-11-21-12-7-10-20-21)19-14-16(2,3)8-13-24(4,22)23;/h7,10,12H,5-6,8-9,11,13-14H2,1-4H3,(H2,17,18,19);1H. The maximum Gasteiger partial charge on any atom is 0.191 e.